The first-order chi connectivity index (χ1) is 20.9. The van der Waals surface area contributed by atoms with Crippen molar-refractivity contribution >= 4 is 80.9 Å². The molecule has 5 aromatic rings. The third kappa shape index (κ3) is 8.05. The van der Waals surface area contributed by atoms with Gasteiger partial charge in [-0.25, -0.2) is 0 Å². The first-order valence-electron chi connectivity index (χ1n) is 13.2. The summed E-state index contributed by atoms with van der Waals surface area (Å²) in [7, 11) is 0. The number of thioether (sulfide) groups is 1. The molecule has 0 aliphatic carbocycles. The van der Waals surface area contributed by atoms with Crippen LogP contribution in [0.15, 0.2) is 126 Å². The maximum absolute atomic E-state index is 13.3. The molecule has 5 aromatic carbocycles. The molecule has 0 unspecified atom stereocenters. The van der Waals surface area contributed by atoms with E-state index in [2.05, 4.69) is 16.0 Å². The van der Waals surface area contributed by atoms with Gasteiger partial charge in [0, 0.05) is 37.4 Å². The quantitative estimate of drug-likeness (QED) is 0.114. The van der Waals surface area contributed by atoms with Gasteiger partial charge in [-0.1, -0.05) is 77.8 Å². The topological polar surface area (TPSA) is 87.3 Å². The fraction of sp³-hybridized carbons (Fsp3) is 0.0294. The lowest BCUT2D eigenvalue weighted by atomic mass is 10.1. The summed E-state index contributed by atoms with van der Waals surface area (Å²) in [6.45, 7) is 0. The number of benzene rings is 5. The SMILES string of the molecule is O=C(CSc1ccc(NC(=O)/C(=C/c2c(Cl)cccc2Cl)NC(=O)c2ccccc2)cc1)Nc1ccc2ccccc2c1. The van der Waals surface area contributed by atoms with E-state index in [4.69, 9.17) is 23.2 Å². The number of nitrogens with one attached hydrogen (secondary N) is 3. The number of rotatable bonds is 9. The molecule has 0 saturated heterocycles. The molecule has 214 valence electrons. The molecule has 0 fully saturated rings. The number of carbonyl (C=O) groups is 3. The lowest BCUT2D eigenvalue weighted by molar-refractivity contribution is -0.114. The molecule has 0 spiro atoms. The average Bonchev–Trinajstić information content (AvgIpc) is 3.02. The van der Waals surface area contributed by atoms with Crippen molar-refractivity contribution in [2.45, 2.75) is 4.90 Å². The number of halogens is 2. The molecule has 0 aliphatic heterocycles. The Hall–Kier alpha value is -4.56. The fourth-order valence-corrected chi connectivity index (χ4v) is 5.39. The van der Waals surface area contributed by atoms with Crippen LogP contribution in [0.2, 0.25) is 10.0 Å². The van der Waals surface area contributed by atoms with E-state index in [0.717, 1.165) is 21.4 Å². The predicted octanol–water partition coefficient (Wildman–Crippen LogP) is 8.29. The molecule has 0 aromatic heterocycles. The van der Waals surface area contributed by atoms with Gasteiger partial charge in [0.15, 0.2) is 0 Å². The first kappa shape index (κ1) is 29.9. The third-order valence-electron chi connectivity index (χ3n) is 6.33. The van der Waals surface area contributed by atoms with Gasteiger partial charge in [0.2, 0.25) is 5.91 Å². The van der Waals surface area contributed by atoms with Crippen LogP contribution >= 0.6 is 35.0 Å². The Kier molecular flexibility index (Phi) is 9.79. The Labute approximate surface area is 263 Å². The first-order valence-corrected chi connectivity index (χ1v) is 14.9. The Balaban J connectivity index is 1.23. The van der Waals surface area contributed by atoms with E-state index in [-0.39, 0.29) is 17.4 Å². The van der Waals surface area contributed by atoms with Gasteiger partial charge < -0.3 is 16.0 Å². The minimum Gasteiger partial charge on any atom is -0.325 e. The molecule has 9 heteroatoms. The lowest BCUT2D eigenvalue weighted by Crippen LogP contribution is -2.30. The van der Waals surface area contributed by atoms with Crippen LogP contribution in [-0.2, 0) is 9.59 Å². The summed E-state index contributed by atoms with van der Waals surface area (Å²) in [5.41, 5.74) is 1.99. The smallest absolute Gasteiger partial charge is 0.272 e. The second-order valence-corrected chi connectivity index (χ2v) is 11.3. The van der Waals surface area contributed by atoms with Gasteiger partial charge >= 0.3 is 0 Å². The minimum absolute atomic E-state index is 0.0346. The number of anilines is 2. The summed E-state index contributed by atoms with van der Waals surface area (Å²) >= 11 is 14.0. The summed E-state index contributed by atoms with van der Waals surface area (Å²) in [4.78, 5) is 39.6. The van der Waals surface area contributed by atoms with Gasteiger partial charge in [-0.15, -0.1) is 11.8 Å². The maximum Gasteiger partial charge on any atom is 0.272 e. The molecule has 5 rings (SSSR count). The standard InChI is InChI=1S/C34H25Cl2N3O3S/c35-29-11-6-12-30(36)28(29)20-31(39-33(41)23-8-2-1-3-9-23)34(42)38-25-15-17-27(18-16-25)43-21-32(40)37-26-14-13-22-7-4-5-10-24(22)19-26/h1-20H,21H2,(H,37,40)(H,38,42)(H,39,41)/b31-20-. The normalized spacial score (nSPS) is 11.2. The summed E-state index contributed by atoms with van der Waals surface area (Å²) in [5.74, 6) is -0.927. The molecule has 0 heterocycles. The Morgan fingerprint density at radius 1 is 0.674 bits per heavy atom. The lowest BCUT2D eigenvalue weighted by Gasteiger charge is -2.13. The van der Waals surface area contributed by atoms with E-state index in [1.807, 2.05) is 42.5 Å². The number of fused-ring (bicyclic) bond motifs is 1. The van der Waals surface area contributed by atoms with Gasteiger partial charge in [0.1, 0.15) is 5.70 Å². The van der Waals surface area contributed by atoms with Crippen LogP contribution in [-0.4, -0.2) is 23.5 Å². The summed E-state index contributed by atoms with van der Waals surface area (Å²) in [6, 6.07) is 34.3. The third-order valence-corrected chi connectivity index (χ3v) is 8.00. The molecule has 0 radical (unpaired) electrons. The second kappa shape index (κ2) is 14.1. The van der Waals surface area contributed by atoms with Gasteiger partial charge in [-0.3, -0.25) is 14.4 Å². The Bertz CT molecular complexity index is 1810. The van der Waals surface area contributed by atoms with E-state index >= 15 is 0 Å². The highest BCUT2D eigenvalue weighted by Gasteiger charge is 2.17. The zero-order valence-electron chi connectivity index (χ0n) is 22.6. The molecule has 0 atom stereocenters. The molecular formula is C34H25Cl2N3O3S. The van der Waals surface area contributed by atoms with Crippen molar-refractivity contribution < 1.29 is 14.4 Å². The van der Waals surface area contributed by atoms with Crippen LogP contribution in [0, 0.1) is 0 Å². The van der Waals surface area contributed by atoms with Crippen LogP contribution in [0.25, 0.3) is 16.8 Å². The van der Waals surface area contributed by atoms with Crippen molar-refractivity contribution in [3.63, 3.8) is 0 Å². The zero-order valence-corrected chi connectivity index (χ0v) is 25.0. The Morgan fingerprint density at radius 2 is 1.33 bits per heavy atom. The molecule has 3 amide bonds. The van der Waals surface area contributed by atoms with E-state index < -0.39 is 11.8 Å². The van der Waals surface area contributed by atoms with Crippen molar-refractivity contribution in [3.8, 4) is 0 Å². The summed E-state index contributed by atoms with van der Waals surface area (Å²) < 4.78 is 0. The minimum atomic E-state index is -0.560. The summed E-state index contributed by atoms with van der Waals surface area (Å²) in [6.07, 6.45) is 1.44. The van der Waals surface area contributed by atoms with Gasteiger partial charge in [0.25, 0.3) is 11.8 Å². The van der Waals surface area contributed by atoms with Crippen molar-refractivity contribution in [2.75, 3.05) is 16.4 Å². The molecule has 6 nitrogen and oxygen atoms in total. The van der Waals surface area contributed by atoms with E-state index in [1.165, 1.54) is 17.8 Å². The van der Waals surface area contributed by atoms with E-state index in [9.17, 15) is 14.4 Å². The highest BCUT2D eigenvalue weighted by molar-refractivity contribution is 8.00. The van der Waals surface area contributed by atoms with Crippen LogP contribution in [0.4, 0.5) is 11.4 Å². The van der Waals surface area contributed by atoms with Crippen molar-refractivity contribution in [3.05, 3.63) is 142 Å². The van der Waals surface area contributed by atoms with Crippen molar-refractivity contribution in [2.24, 2.45) is 0 Å². The van der Waals surface area contributed by atoms with Crippen LogP contribution < -0.4 is 16.0 Å². The zero-order chi connectivity index (χ0) is 30.2. The van der Waals surface area contributed by atoms with E-state index in [1.54, 1.807) is 72.8 Å². The highest BCUT2D eigenvalue weighted by Crippen LogP contribution is 2.27. The van der Waals surface area contributed by atoms with Gasteiger partial charge in [-0.2, -0.15) is 0 Å². The second-order valence-electron chi connectivity index (χ2n) is 9.39. The number of amides is 3. The summed E-state index contributed by atoms with van der Waals surface area (Å²) in [5, 5.41) is 11.2. The molecule has 43 heavy (non-hydrogen) atoms. The van der Waals surface area contributed by atoms with E-state index in [0.29, 0.717) is 26.9 Å². The van der Waals surface area contributed by atoms with Crippen LogP contribution in [0.3, 0.4) is 0 Å². The monoisotopic (exact) mass is 625 g/mol. The van der Waals surface area contributed by atoms with Gasteiger partial charge in [0.05, 0.1) is 5.75 Å². The van der Waals surface area contributed by atoms with Crippen molar-refractivity contribution in [1.82, 2.24) is 5.32 Å². The molecule has 3 N–H and O–H groups in total. The number of hydrogen-bond donors (Lipinski definition) is 3. The van der Waals surface area contributed by atoms with Crippen LogP contribution in [0.5, 0.6) is 0 Å². The molecule has 0 bridgehead atoms. The maximum atomic E-state index is 13.3. The van der Waals surface area contributed by atoms with Crippen LogP contribution in [0.1, 0.15) is 15.9 Å². The molecule has 0 saturated carbocycles. The molecular weight excluding hydrogens is 601 g/mol. The Morgan fingerprint density at radius 3 is 2.05 bits per heavy atom. The fourth-order valence-electron chi connectivity index (χ4n) is 4.18. The number of carbonyl (C=O) groups excluding carboxylic acids is 3. The highest BCUT2D eigenvalue weighted by atomic mass is 35.5. The predicted molar refractivity (Wildman–Crippen MR) is 177 cm³/mol. The number of hydrogen-bond acceptors (Lipinski definition) is 4. The van der Waals surface area contributed by atoms with Crippen molar-refractivity contribution in [1.29, 1.82) is 0 Å². The largest absolute Gasteiger partial charge is 0.325 e. The van der Waals surface area contributed by atoms with Gasteiger partial charge in [-0.05, 0) is 77.5 Å². The molecule has 0 aliphatic rings. The average molecular weight is 627 g/mol.